The van der Waals surface area contributed by atoms with E-state index in [4.69, 9.17) is 5.14 Å². The lowest BCUT2D eigenvalue weighted by Gasteiger charge is -2.15. The summed E-state index contributed by atoms with van der Waals surface area (Å²) in [5.41, 5.74) is 6.79. The molecular weight excluding hydrogens is 372 g/mol. The van der Waals surface area contributed by atoms with Gasteiger partial charge in [-0.1, -0.05) is 19.9 Å². The van der Waals surface area contributed by atoms with Crippen molar-refractivity contribution in [1.29, 1.82) is 0 Å². The number of fused-ring (bicyclic) bond motifs is 2. The Morgan fingerprint density at radius 2 is 1.79 bits per heavy atom. The summed E-state index contributed by atoms with van der Waals surface area (Å²) in [7, 11) is -3.35. The number of aryl methyl sites for hydroxylation is 2. The highest BCUT2D eigenvalue weighted by Gasteiger charge is 2.25. The maximum absolute atomic E-state index is 12.8. The van der Waals surface area contributed by atoms with Crippen LogP contribution in [0.2, 0.25) is 0 Å². The lowest BCUT2D eigenvalue weighted by Crippen LogP contribution is -2.19. The second-order valence-electron chi connectivity index (χ2n) is 7.90. The second kappa shape index (κ2) is 7.29. The van der Waals surface area contributed by atoms with E-state index in [1.807, 2.05) is 13.8 Å². The molecule has 0 saturated carbocycles. The number of urea groups is 1. The third kappa shape index (κ3) is 3.56. The Labute approximate surface area is 166 Å². The molecule has 4 rings (SSSR count). The number of carbonyl (C=O) groups excluding carboxylic acids is 1. The minimum Gasteiger partial charge on any atom is -0.305 e. The number of hydrogen-bond donors (Lipinski definition) is 2. The molecule has 0 aliphatic heterocycles. The largest absolute Gasteiger partial charge is 0.354 e. The number of pyridine rings is 1. The van der Waals surface area contributed by atoms with Crippen LogP contribution in [0.1, 0.15) is 60.6 Å². The van der Waals surface area contributed by atoms with E-state index in [9.17, 15) is 9.00 Å². The van der Waals surface area contributed by atoms with Crippen molar-refractivity contribution in [3.63, 3.8) is 0 Å². The van der Waals surface area contributed by atoms with Crippen LogP contribution in [0, 0.1) is 0 Å². The molecule has 0 saturated heterocycles. The van der Waals surface area contributed by atoms with E-state index >= 15 is 0 Å². The maximum Gasteiger partial charge on any atom is 0.354 e. The maximum atomic E-state index is 12.8. The molecule has 0 spiro atoms. The van der Waals surface area contributed by atoms with Crippen LogP contribution in [0.25, 0.3) is 0 Å². The normalized spacial score (nSPS) is 17.1. The third-order valence-corrected chi connectivity index (χ3v) is 6.97. The number of aromatic nitrogens is 1. The quantitative estimate of drug-likeness (QED) is 0.814. The van der Waals surface area contributed by atoms with E-state index in [1.165, 1.54) is 28.5 Å². The van der Waals surface area contributed by atoms with E-state index in [0.29, 0.717) is 0 Å². The first-order valence-electron chi connectivity index (χ1n) is 9.83. The summed E-state index contributed by atoms with van der Waals surface area (Å²) in [5.74, 6) is 0.255. The first-order chi connectivity index (χ1) is 13.3. The van der Waals surface area contributed by atoms with E-state index < -0.39 is 15.9 Å². The number of amides is 2. The van der Waals surface area contributed by atoms with Gasteiger partial charge in [-0.05, 0) is 78.8 Å². The van der Waals surface area contributed by atoms with Gasteiger partial charge in [-0.2, -0.15) is 0 Å². The zero-order chi connectivity index (χ0) is 19.9. The van der Waals surface area contributed by atoms with Gasteiger partial charge < -0.3 is 5.32 Å². The first kappa shape index (κ1) is 19.1. The standard InChI is InChI=1S/C21H26N4O2S/c1-13(2)19-10-9-16(12-23-19)28(22,27)25-21(26)24-20-17-7-3-5-14(17)11-15-6-4-8-18(15)20/h9-13H,3-8H2,1-2H3,(H3,22,24,25,26,27). The van der Waals surface area contributed by atoms with Gasteiger partial charge in [-0.15, -0.1) is 4.36 Å². The molecule has 1 heterocycles. The summed E-state index contributed by atoms with van der Waals surface area (Å²) in [6.07, 6.45) is 7.65. The Hall–Kier alpha value is -2.25. The van der Waals surface area contributed by atoms with Gasteiger partial charge in [0.2, 0.25) is 0 Å². The highest BCUT2D eigenvalue weighted by molar-refractivity contribution is 7.91. The highest BCUT2D eigenvalue weighted by atomic mass is 32.2. The summed E-state index contributed by atoms with van der Waals surface area (Å²) in [4.78, 5) is 17.2. The summed E-state index contributed by atoms with van der Waals surface area (Å²) < 4.78 is 16.7. The lowest BCUT2D eigenvalue weighted by atomic mass is 9.99. The number of anilines is 1. The van der Waals surface area contributed by atoms with E-state index in [2.05, 4.69) is 20.7 Å². The van der Waals surface area contributed by atoms with Gasteiger partial charge in [0.05, 0.1) is 4.90 Å². The van der Waals surface area contributed by atoms with Crippen molar-refractivity contribution in [2.45, 2.75) is 63.2 Å². The van der Waals surface area contributed by atoms with Crippen LogP contribution in [0.4, 0.5) is 10.5 Å². The molecule has 2 aliphatic rings. The van der Waals surface area contributed by atoms with E-state index in [1.54, 1.807) is 12.1 Å². The van der Waals surface area contributed by atoms with Crippen LogP contribution in [-0.4, -0.2) is 15.2 Å². The van der Waals surface area contributed by atoms with Crippen LogP contribution >= 0.6 is 0 Å². The Kier molecular flexibility index (Phi) is 4.97. The van der Waals surface area contributed by atoms with Crippen molar-refractivity contribution in [1.82, 2.24) is 4.98 Å². The van der Waals surface area contributed by atoms with Crippen LogP contribution in [0.5, 0.6) is 0 Å². The van der Waals surface area contributed by atoms with Crippen molar-refractivity contribution in [3.8, 4) is 0 Å². The number of nitrogens with zero attached hydrogens (tertiary/aromatic N) is 2. The zero-order valence-electron chi connectivity index (χ0n) is 16.3. The summed E-state index contributed by atoms with van der Waals surface area (Å²) >= 11 is 0. The molecular formula is C21H26N4O2S. The Morgan fingerprint density at radius 1 is 1.14 bits per heavy atom. The summed E-state index contributed by atoms with van der Waals surface area (Å²) in [6.45, 7) is 4.05. The van der Waals surface area contributed by atoms with Gasteiger partial charge in [0.15, 0.2) is 0 Å². The molecule has 148 valence electrons. The van der Waals surface area contributed by atoms with Gasteiger partial charge in [0.25, 0.3) is 0 Å². The number of hydrogen-bond acceptors (Lipinski definition) is 3. The van der Waals surface area contributed by atoms with Crippen molar-refractivity contribution in [2.75, 3.05) is 5.32 Å². The molecule has 7 heteroatoms. The third-order valence-electron chi connectivity index (χ3n) is 5.61. The van der Waals surface area contributed by atoms with Gasteiger partial charge in [0.1, 0.15) is 9.92 Å². The molecule has 0 bridgehead atoms. The molecule has 2 amide bonds. The topological polar surface area (TPSA) is 97.4 Å². The Balaban J connectivity index is 1.63. The summed E-state index contributed by atoms with van der Waals surface area (Å²) in [6, 6.07) is 5.05. The highest BCUT2D eigenvalue weighted by Crippen LogP contribution is 2.38. The lowest BCUT2D eigenvalue weighted by molar-refractivity contribution is 0.260. The molecule has 6 nitrogen and oxygen atoms in total. The van der Waals surface area contributed by atoms with E-state index in [0.717, 1.165) is 49.9 Å². The fourth-order valence-corrected chi connectivity index (χ4v) is 5.04. The molecule has 28 heavy (non-hydrogen) atoms. The number of rotatable bonds is 3. The predicted molar refractivity (Wildman–Crippen MR) is 111 cm³/mol. The minimum atomic E-state index is -3.35. The molecule has 1 aromatic heterocycles. The molecule has 1 atom stereocenters. The molecule has 0 radical (unpaired) electrons. The minimum absolute atomic E-state index is 0.255. The smallest absolute Gasteiger partial charge is 0.305 e. The predicted octanol–water partition coefficient (Wildman–Crippen LogP) is 4.12. The van der Waals surface area contributed by atoms with Gasteiger partial charge in [0, 0.05) is 17.6 Å². The molecule has 2 aliphatic carbocycles. The van der Waals surface area contributed by atoms with Gasteiger partial charge in [-0.3, -0.25) is 4.98 Å². The number of nitrogens with one attached hydrogen (secondary N) is 1. The van der Waals surface area contributed by atoms with Crippen LogP contribution in [-0.2, 0) is 35.6 Å². The Bertz CT molecular complexity index is 1020. The second-order valence-corrected chi connectivity index (χ2v) is 9.69. The van der Waals surface area contributed by atoms with Crippen molar-refractivity contribution < 1.29 is 9.00 Å². The molecule has 1 aromatic carbocycles. The average Bonchev–Trinajstić information content (AvgIpc) is 3.30. The SMILES string of the molecule is CC(C)c1ccc(S(N)(=O)=NC(=O)Nc2c3c(cc4c2CCC4)CCC3)cn1. The fraction of sp³-hybridized carbons (Fsp3) is 0.429. The molecule has 3 N–H and O–H groups in total. The number of nitrogens with two attached hydrogens (primary N) is 1. The van der Waals surface area contributed by atoms with Gasteiger partial charge in [-0.25, -0.2) is 14.1 Å². The van der Waals surface area contributed by atoms with E-state index in [-0.39, 0.29) is 10.8 Å². The van der Waals surface area contributed by atoms with Crippen LogP contribution < -0.4 is 10.5 Å². The van der Waals surface area contributed by atoms with Crippen molar-refractivity contribution >= 4 is 21.6 Å². The average molecular weight is 399 g/mol. The van der Waals surface area contributed by atoms with Gasteiger partial charge >= 0.3 is 6.03 Å². The zero-order valence-corrected chi connectivity index (χ0v) is 17.1. The molecule has 0 fully saturated rings. The van der Waals surface area contributed by atoms with Crippen LogP contribution in [0.15, 0.2) is 33.7 Å². The van der Waals surface area contributed by atoms with Crippen molar-refractivity contribution in [2.24, 2.45) is 9.50 Å². The number of carbonyl (C=O) groups is 1. The van der Waals surface area contributed by atoms with Crippen LogP contribution in [0.3, 0.4) is 0 Å². The molecule has 2 aromatic rings. The monoisotopic (exact) mass is 398 g/mol. The molecule has 1 unspecified atom stereocenters. The fourth-order valence-electron chi connectivity index (χ4n) is 4.18. The number of benzene rings is 1. The summed E-state index contributed by atoms with van der Waals surface area (Å²) in [5, 5.41) is 8.82. The first-order valence-corrected chi connectivity index (χ1v) is 11.4. The van der Waals surface area contributed by atoms with Crippen molar-refractivity contribution in [3.05, 3.63) is 52.3 Å². The Morgan fingerprint density at radius 3 is 2.32 bits per heavy atom.